The van der Waals surface area contributed by atoms with Crippen molar-refractivity contribution in [3.63, 3.8) is 0 Å². The first kappa shape index (κ1) is 12.2. The smallest absolute Gasteiger partial charge is 0.246 e. The molecule has 1 atom stereocenters. The van der Waals surface area contributed by atoms with E-state index in [2.05, 4.69) is 6.58 Å². The molecule has 15 heavy (non-hydrogen) atoms. The van der Waals surface area contributed by atoms with Gasteiger partial charge in [0.2, 0.25) is 5.91 Å². The van der Waals surface area contributed by atoms with Crippen molar-refractivity contribution in [3.05, 3.63) is 12.7 Å². The summed E-state index contributed by atoms with van der Waals surface area (Å²) in [7, 11) is -3.04. The largest absolute Gasteiger partial charge is 0.332 e. The van der Waals surface area contributed by atoms with E-state index in [9.17, 15) is 13.2 Å². The van der Waals surface area contributed by atoms with Crippen LogP contribution in [0.25, 0.3) is 0 Å². The van der Waals surface area contributed by atoms with Crippen LogP contribution in [0.5, 0.6) is 0 Å². The summed E-state index contributed by atoms with van der Waals surface area (Å²) in [6, 6.07) is -0.0507. The van der Waals surface area contributed by atoms with Gasteiger partial charge >= 0.3 is 0 Å². The lowest BCUT2D eigenvalue weighted by atomic mass is 10.3. The number of rotatable bonds is 5. The summed E-state index contributed by atoms with van der Waals surface area (Å²) in [4.78, 5) is 13.2. The molecule has 1 aliphatic carbocycles. The van der Waals surface area contributed by atoms with Crippen LogP contribution in [-0.2, 0) is 14.6 Å². The average molecular weight is 231 g/mol. The number of carbonyl (C=O) groups excluding carboxylic acids is 1. The fourth-order valence-corrected chi connectivity index (χ4v) is 2.77. The second-order valence-corrected chi connectivity index (χ2v) is 6.31. The quantitative estimate of drug-likeness (QED) is 0.651. The third-order valence-corrected chi connectivity index (χ3v) is 3.48. The number of hydrogen-bond acceptors (Lipinski definition) is 3. The van der Waals surface area contributed by atoms with Crippen molar-refractivity contribution in [1.29, 1.82) is 0 Å². The lowest BCUT2D eigenvalue weighted by molar-refractivity contribution is -0.128. The van der Waals surface area contributed by atoms with Crippen molar-refractivity contribution in [2.75, 3.05) is 12.0 Å². The number of sulfone groups is 1. The maximum Gasteiger partial charge on any atom is 0.246 e. The number of carbonyl (C=O) groups is 1. The van der Waals surface area contributed by atoms with Gasteiger partial charge in [-0.05, 0) is 25.8 Å². The van der Waals surface area contributed by atoms with Gasteiger partial charge in [-0.3, -0.25) is 4.79 Å². The zero-order chi connectivity index (χ0) is 11.6. The maximum atomic E-state index is 11.5. The Balaban J connectivity index is 2.71. The summed E-state index contributed by atoms with van der Waals surface area (Å²) < 4.78 is 22.3. The molecular formula is C10H17NO3S. The van der Waals surface area contributed by atoms with E-state index < -0.39 is 9.84 Å². The lowest BCUT2D eigenvalue weighted by Gasteiger charge is -2.27. The molecule has 1 amide bonds. The minimum atomic E-state index is -3.04. The minimum Gasteiger partial charge on any atom is -0.332 e. The summed E-state index contributed by atoms with van der Waals surface area (Å²) >= 11 is 0. The van der Waals surface area contributed by atoms with E-state index >= 15 is 0 Å². The van der Waals surface area contributed by atoms with Gasteiger partial charge in [0.05, 0.1) is 5.75 Å². The van der Waals surface area contributed by atoms with Crippen LogP contribution in [0, 0.1) is 0 Å². The fourth-order valence-electron chi connectivity index (χ4n) is 1.73. The summed E-state index contributed by atoms with van der Waals surface area (Å²) in [5, 5.41) is 0. The highest BCUT2D eigenvalue weighted by Crippen LogP contribution is 2.29. The fraction of sp³-hybridized carbons (Fsp3) is 0.700. The van der Waals surface area contributed by atoms with Gasteiger partial charge in [0, 0.05) is 18.3 Å². The Hall–Kier alpha value is -0.840. The van der Waals surface area contributed by atoms with Crippen molar-refractivity contribution < 1.29 is 13.2 Å². The van der Waals surface area contributed by atoms with Crippen LogP contribution in [0.1, 0.15) is 19.8 Å². The molecule has 86 valence electrons. The van der Waals surface area contributed by atoms with Crippen molar-refractivity contribution in [2.24, 2.45) is 0 Å². The molecule has 0 unspecified atom stereocenters. The first-order chi connectivity index (χ1) is 6.85. The molecule has 0 bridgehead atoms. The topological polar surface area (TPSA) is 54.5 Å². The normalized spacial score (nSPS) is 18.3. The molecule has 0 spiro atoms. The highest BCUT2D eigenvalue weighted by Gasteiger charge is 2.35. The Bertz CT molecular complexity index is 357. The molecule has 0 N–H and O–H groups in total. The molecule has 1 fully saturated rings. The van der Waals surface area contributed by atoms with Crippen LogP contribution in [-0.4, -0.2) is 43.3 Å². The molecule has 0 radical (unpaired) electrons. The van der Waals surface area contributed by atoms with E-state index in [1.165, 1.54) is 12.3 Å². The van der Waals surface area contributed by atoms with E-state index in [1.54, 1.807) is 11.8 Å². The molecule has 1 rings (SSSR count). The zero-order valence-electron chi connectivity index (χ0n) is 9.14. The minimum absolute atomic E-state index is 0.0169. The molecule has 0 aromatic heterocycles. The van der Waals surface area contributed by atoms with Crippen LogP contribution >= 0.6 is 0 Å². The first-order valence-electron chi connectivity index (χ1n) is 4.97. The predicted molar refractivity (Wildman–Crippen MR) is 59.2 cm³/mol. The number of hydrogen-bond donors (Lipinski definition) is 0. The first-order valence-corrected chi connectivity index (χ1v) is 7.03. The van der Waals surface area contributed by atoms with Crippen molar-refractivity contribution in [1.82, 2.24) is 4.90 Å². The maximum absolute atomic E-state index is 11.5. The van der Waals surface area contributed by atoms with Gasteiger partial charge < -0.3 is 4.90 Å². The lowest BCUT2D eigenvalue weighted by Crippen LogP contribution is -2.42. The van der Waals surface area contributed by atoms with Crippen LogP contribution in [0.4, 0.5) is 0 Å². The zero-order valence-corrected chi connectivity index (χ0v) is 9.96. The highest BCUT2D eigenvalue weighted by molar-refractivity contribution is 7.90. The molecule has 4 nitrogen and oxygen atoms in total. The van der Waals surface area contributed by atoms with E-state index in [0.717, 1.165) is 12.8 Å². The molecule has 1 aliphatic rings. The molecule has 0 saturated heterocycles. The summed E-state index contributed by atoms with van der Waals surface area (Å²) in [6.45, 7) is 5.19. The number of amides is 1. The van der Waals surface area contributed by atoms with Crippen LogP contribution in [0.3, 0.4) is 0 Å². The molecule has 0 aromatic carbocycles. The van der Waals surface area contributed by atoms with E-state index in [4.69, 9.17) is 0 Å². The monoisotopic (exact) mass is 231 g/mol. The molecule has 0 aliphatic heterocycles. The molecule has 5 heteroatoms. The van der Waals surface area contributed by atoms with E-state index in [-0.39, 0.29) is 23.7 Å². The SMILES string of the molecule is C=CC(=O)N(C1CC1)[C@@H](C)CS(C)(=O)=O. The van der Waals surface area contributed by atoms with Gasteiger partial charge in [0.25, 0.3) is 0 Å². The highest BCUT2D eigenvalue weighted by atomic mass is 32.2. The van der Waals surface area contributed by atoms with Gasteiger partial charge in [0.1, 0.15) is 9.84 Å². The van der Waals surface area contributed by atoms with Crippen LogP contribution in [0.2, 0.25) is 0 Å². The third-order valence-electron chi connectivity index (χ3n) is 2.39. The summed E-state index contributed by atoms with van der Waals surface area (Å²) in [5.41, 5.74) is 0. The Morgan fingerprint density at radius 3 is 2.47 bits per heavy atom. The molecular weight excluding hydrogens is 214 g/mol. The Morgan fingerprint density at radius 2 is 2.13 bits per heavy atom. The van der Waals surface area contributed by atoms with Gasteiger partial charge in [0.15, 0.2) is 0 Å². The van der Waals surface area contributed by atoms with E-state index in [1.807, 2.05) is 0 Å². The summed E-state index contributed by atoms with van der Waals surface area (Å²) in [5.74, 6) is -0.156. The molecule has 0 heterocycles. The summed E-state index contributed by atoms with van der Waals surface area (Å²) in [6.07, 6.45) is 4.37. The predicted octanol–water partition coefficient (Wildman–Crippen LogP) is 0.597. The average Bonchev–Trinajstić information content (AvgIpc) is 2.85. The molecule has 0 aromatic rings. The standard InChI is InChI=1S/C10H17NO3S/c1-4-10(12)11(9-5-6-9)8(2)7-15(3,13)14/h4,8-9H,1,5-7H2,2-3H3/t8-/m0/s1. The van der Waals surface area contributed by atoms with Crippen LogP contribution in [0.15, 0.2) is 12.7 Å². The molecule has 1 saturated carbocycles. The van der Waals surface area contributed by atoms with E-state index in [0.29, 0.717) is 0 Å². The Morgan fingerprint density at radius 1 is 1.60 bits per heavy atom. The van der Waals surface area contributed by atoms with Crippen molar-refractivity contribution >= 4 is 15.7 Å². The van der Waals surface area contributed by atoms with Gasteiger partial charge in [-0.1, -0.05) is 6.58 Å². The van der Waals surface area contributed by atoms with Crippen molar-refractivity contribution in [2.45, 2.75) is 31.8 Å². The van der Waals surface area contributed by atoms with Gasteiger partial charge in [-0.25, -0.2) is 8.42 Å². The number of nitrogens with zero attached hydrogens (tertiary/aromatic N) is 1. The van der Waals surface area contributed by atoms with Gasteiger partial charge in [-0.15, -0.1) is 0 Å². The Labute approximate surface area is 90.9 Å². The van der Waals surface area contributed by atoms with Gasteiger partial charge in [-0.2, -0.15) is 0 Å². The third kappa shape index (κ3) is 3.66. The van der Waals surface area contributed by atoms with Crippen molar-refractivity contribution in [3.8, 4) is 0 Å². The second kappa shape index (κ2) is 4.35. The second-order valence-electron chi connectivity index (χ2n) is 4.12. The van der Waals surface area contributed by atoms with Crippen LogP contribution < -0.4 is 0 Å². The Kier molecular flexibility index (Phi) is 3.54.